The summed E-state index contributed by atoms with van der Waals surface area (Å²) in [6, 6.07) is 5.51. The van der Waals surface area contributed by atoms with Gasteiger partial charge >= 0.3 is 0 Å². The number of rotatable bonds is 2. The molecular formula is C13H16BrN3O. The first kappa shape index (κ1) is 13.1. The van der Waals surface area contributed by atoms with E-state index < -0.39 is 0 Å². The lowest BCUT2D eigenvalue weighted by molar-refractivity contribution is 0.374. The monoisotopic (exact) mass is 309 g/mol. The predicted molar refractivity (Wildman–Crippen MR) is 75.0 cm³/mol. The minimum atomic E-state index is 0.133. The third-order valence-electron chi connectivity index (χ3n) is 2.38. The van der Waals surface area contributed by atoms with Crippen LogP contribution in [-0.4, -0.2) is 10.1 Å². The average molecular weight is 310 g/mol. The van der Waals surface area contributed by atoms with E-state index in [2.05, 4.69) is 46.8 Å². The average Bonchev–Trinajstić information content (AvgIpc) is 2.67. The van der Waals surface area contributed by atoms with E-state index in [1.165, 1.54) is 0 Å². The summed E-state index contributed by atoms with van der Waals surface area (Å²) in [5.41, 5.74) is 7.39. The maximum absolute atomic E-state index is 5.76. The van der Waals surface area contributed by atoms with Crippen molar-refractivity contribution in [1.29, 1.82) is 0 Å². The zero-order valence-electron chi connectivity index (χ0n) is 10.7. The number of anilines is 1. The highest BCUT2D eigenvalue weighted by molar-refractivity contribution is 9.10. The van der Waals surface area contributed by atoms with Gasteiger partial charge in [-0.2, -0.15) is 4.98 Å². The molecule has 0 spiro atoms. The second-order valence-electron chi connectivity index (χ2n) is 5.49. The van der Waals surface area contributed by atoms with E-state index >= 15 is 0 Å². The molecule has 0 saturated heterocycles. The first-order valence-corrected chi connectivity index (χ1v) is 6.52. The summed E-state index contributed by atoms with van der Waals surface area (Å²) in [4.78, 5) is 4.40. The fourth-order valence-corrected chi connectivity index (χ4v) is 2.03. The smallest absolute Gasteiger partial charge is 0.259 e. The highest BCUT2D eigenvalue weighted by atomic mass is 79.9. The molecule has 0 aliphatic carbocycles. The Labute approximate surface area is 115 Å². The molecule has 0 bridgehead atoms. The number of halogens is 1. The summed E-state index contributed by atoms with van der Waals surface area (Å²) in [5, 5.41) is 4.00. The number of nitrogen functional groups attached to an aromatic ring is 1. The van der Waals surface area contributed by atoms with E-state index in [1.54, 1.807) is 0 Å². The molecule has 0 aliphatic rings. The Morgan fingerprint density at radius 2 is 2.06 bits per heavy atom. The molecule has 5 heteroatoms. The van der Waals surface area contributed by atoms with Crippen LogP contribution >= 0.6 is 15.9 Å². The van der Waals surface area contributed by atoms with Gasteiger partial charge in [-0.05, 0) is 39.5 Å². The molecule has 1 aromatic carbocycles. The van der Waals surface area contributed by atoms with Crippen molar-refractivity contribution in [3.8, 4) is 11.5 Å². The van der Waals surface area contributed by atoms with Crippen molar-refractivity contribution in [3.05, 3.63) is 28.5 Å². The Balaban J connectivity index is 2.32. The summed E-state index contributed by atoms with van der Waals surface area (Å²) >= 11 is 3.45. The van der Waals surface area contributed by atoms with Crippen LogP contribution < -0.4 is 5.73 Å². The second kappa shape index (κ2) is 4.72. The van der Waals surface area contributed by atoms with Gasteiger partial charge in [-0.3, -0.25) is 0 Å². The second-order valence-corrected chi connectivity index (χ2v) is 6.35. The fourth-order valence-electron chi connectivity index (χ4n) is 1.62. The fraction of sp³-hybridized carbons (Fsp3) is 0.385. The molecule has 2 aromatic rings. The Bertz CT molecular complexity index is 558. The molecule has 1 heterocycles. The SMILES string of the molecule is CC(C)(C)Cc1noc(-c2cc(N)ccc2Br)n1. The minimum Gasteiger partial charge on any atom is -0.399 e. The van der Waals surface area contributed by atoms with Gasteiger partial charge in [0.25, 0.3) is 5.89 Å². The Morgan fingerprint density at radius 1 is 1.33 bits per heavy atom. The van der Waals surface area contributed by atoms with Crippen LogP contribution in [0.3, 0.4) is 0 Å². The van der Waals surface area contributed by atoms with Crippen LogP contribution in [0.15, 0.2) is 27.2 Å². The van der Waals surface area contributed by atoms with Crippen LogP contribution in [-0.2, 0) is 6.42 Å². The topological polar surface area (TPSA) is 64.9 Å². The van der Waals surface area contributed by atoms with Crippen molar-refractivity contribution in [2.45, 2.75) is 27.2 Å². The molecular weight excluding hydrogens is 294 g/mol. The van der Waals surface area contributed by atoms with Crippen LogP contribution in [0, 0.1) is 5.41 Å². The van der Waals surface area contributed by atoms with Crippen molar-refractivity contribution in [3.63, 3.8) is 0 Å². The first-order chi connectivity index (χ1) is 8.35. The molecule has 0 unspecified atom stereocenters. The zero-order valence-corrected chi connectivity index (χ0v) is 12.3. The summed E-state index contributed by atoms with van der Waals surface area (Å²) in [6.45, 7) is 6.42. The van der Waals surface area contributed by atoms with Crippen molar-refractivity contribution >= 4 is 21.6 Å². The molecule has 4 nitrogen and oxygen atoms in total. The summed E-state index contributed by atoms with van der Waals surface area (Å²) in [6.07, 6.45) is 0.774. The summed E-state index contributed by atoms with van der Waals surface area (Å²) < 4.78 is 6.18. The number of hydrogen-bond donors (Lipinski definition) is 1. The van der Waals surface area contributed by atoms with Gasteiger partial charge in [0.05, 0.1) is 5.56 Å². The molecule has 0 fully saturated rings. The van der Waals surface area contributed by atoms with Crippen LogP contribution in [0.1, 0.15) is 26.6 Å². The Hall–Kier alpha value is -1.36. The predicted octanol–water partition coefficient (Wildman–Crippen LogP) is 3.67. The third-order valence-corrected chi connectivity index (χ3v) is 3.07. The van der Waals surface area contributed by atoms with Gasteiger partial charge in [0, 0.05) is 16.6 Å². The summed E-state index contributed by atoms with van der Waals surface area (Å²) in [5.74, 6) is 1.21. The highest BCUT2D eigenvalue weighted by Crippen LogP contribution is 2.29. The molecule has 2 rings (SSSR count). The Morgan fingerprint density at radius 3 is 2.72 bits per heavy atom. The van der Waals surface area contributed by atoms with E-state index in [-0.39, 0.29) is 5.41 Å². The lowest BCUT2D eigenvalue weighted by atomic mass is 9.92. The van der Waals surface area contributed by atoms with Gasteiger partial charge in [0.1, 0.15) is 0 Å². The number of hydrogen-bond acceptors (Lipinski definition) is 4. The molecule has 96 valence electrons. The lowest BCUT2D eigenvalue weighted by Gasteiger charge is -2.14. The largest absolute Gasteiger partial charge is 0.399 e. The van der Waals surface area contributed by atoms with Gasteiger partial charge in [-0.15, -0.1) is 0 Å². The number of nitrogens with two attached hydrogens (primary N) is 1. The molecule has 2 N–H and O–H groups in total. The number of benzene rings is 1. The molecule has 18 heavy (non-hydrogen) atoms. The molecule has 0 amide bonds. The van der Waals surface area contributed by atoms with Gasteiger partial charge in [-0.25, -0.2) is 0 Å². The van der Waals surface area contributed by atoms with Crippen LogP contribution in [0.5, 0.6) is 0 Å². The Kier molecular flexibility index (Phi) is 3.43. The number of aromatic nitrogens is 2. The first-order valence-electron chi connectivity index (χ1n) is 5.73. The molecule has 0 atom stereocenters. The normalized spacial score (nSPS) is 11.8. The molecule has 0 aliphatic heterocycles. The maximum atomic E-state index is 5.76. The third kappa shape index (κ3) is 3.10. The lowest BCUT2D eigenvalue weighted by Crippen LogP contribution is -2.10. The summed E-state index contributed by atoms with van der Waals surface area (Å²) in [7, 11) is 0. The van der Waals surface area contributed by atoms with Gasteiger partial charge in [0.15, 0.2) is 5.82 Å². The van der Waals surface area contributed by atoms with Gasteiger partial charge < -0.3 is 10.3 Å². The van der Waals surface area contributed by atoms with Gasteiger partial charge in [-0.1, -0.05) is 25.9 Å². The van der Waals surface area contributed by atoms with Crippen molar-refractivity contribution < 1.29 is 4.52 Å². The van der Waals surface area contributed by atoms with Crippen LogP contribution in [0.25, 0.3) is 11.5 Å². The maximum Gasteiger partial charge on any atom is 0.259 e. The number of nitrogens with zero attached hydrogens (tertiary/aromatic N) is 2. The zero-order chi connectivity index (χ0) is 13.3. The molecule has 0 saturated carbocycles. The van der Waals surface area contributed by atoms with Crippen molar-refractivity contribution in [2.75, 3.05) is 5.73 Å². The standard InChI is InChI=1S/C13H16BrN3O/c1-13(2,3)7-11-16-12(18-17-11)9-6-8(15)4-5-10(9)14/h4-6H,7,15H2,1-3H3. The molecule has 1 aromatic heterocycles. The quantitative estimate of drug-likeness (QED) is 0.860. The van der Waals surface area contributed by atoms with Crippen molar-refractivity contribution in [1.82, 2.24) is 10.1 Å². The van der Waals surface area contributed by atoms with E-state index in [0.717, 1.165) is 16.5 Å². The van der Waals surface area contributed by atoms with E-state index in [9.17, 15) is 0 Å². The van der Waals surface area contributed by atoms with Crippen LogP contribution in [0.4, 0.5) is 5.69 Å². The highest BCUT2D eigenvalue weighted by Gasteiger charge is 2.18. The van der Waals surface area contributed by atoms with E-state index in [1.807, 2.05) is 18.2 Å². The molecule has 0 radical (unpaired) electrons. The van der Waals surface area contributed by atoms with Crippen molar-refractivity contribution in [2.24, 2.45) is 5.41 Å². The van der Waals surface area contributed by atoms with Gasteiger partial charge in [0.2, 0.25) is 0 Å². The van der Waals surface area contributed by atoms with E-state index in [0.29, 0.717) is 17.4 Å². The van der Waals surface area contributed by atoms with E-state index in [4.69, 9.17) is 10.3 Å². The van der Waals surface area contributed by atoms with Crippen LogP contribution in [0.2, 0.25) is 0 Å². The minimum absolute atomic E-state index is 0.133.